The molecule has 0 aromatic heterocycles. The van der Waals surface area contributed by atoms with Crippen LogP contribution in [0.25, 0.3) is 0 Å². The van der Waals surface area contributed by atoms with E-state index in [1.165, 1.54) is 5.56 Å². The third-order valence-corrected chi connectivity index (χ3v) is 4.70. The number of hydrogen-bond acceptors (Lipinski definition) is 3. The van der Waals surface area contributed by atoms with E-state index in [2.05, 4.69) is 15.9 Å². The Morgan fingerprint density at radius 3 is 2.78 bits per heavy atom. The quantitative estimate of drug-likeness (QED) is 0.785. The van der Waals surface area contributed by atoms with Crippen molar-refractivity contribution in [3.05, 3.63) is 26.7 Å². The highest BCUT2D eigenvalue weighted by molar-refractivity contribution is 9.10. The number of benzene rings is 1. The van der Waals surface area contributed by atoms with Crippen LogP contribution in [0.3, 0.4) is 0 Å². The van der Waals surface area contributed by atoms with Crippen LogP contribution in [0.4, 0.5) is 0 Å². The Kier molecular flexibility index (Phi) is 3.30. The number of rotatable bonds is 1. The molecule has 18 heavy (non-hydrogen) atoms. The molecule has 2 aliphatic rings. The van der Waals surface area contributed by atoms with Crippen molar-refractivity contribution in [1.29, 1.82) is 0 Å². The molecule has 1 fully saturated rings. The molecule has 0 bridgehead atoms. The van der Waals surface area contributed by atoms with Gasteiger partial charge < -0.3 is 14.2 Å². The van der Waals surface area contributed by atoms with Crippen LogP contribution in [0.15, 0.2) is 10.5 Å². The van der Waals surface area contributed by atoms with E-state index in [0.717, 1.165) is 29.3 Å². The van der Waals surface area contributed by atoms with Gasteiger partial charge in [-0.05, 0) is 40.4 Å². The second-order valence-corrected chi connectivity index (χ2v) is 5.74. The summed E-state index contributed by atoms with van der Waals surface area (Å²) in [5.41, 5.74) is 2.23. The molecule has 1 saturated heterocycles. The van der Waals surface area contributed by atoms with Gasteiger partial charge in [0.05, 0.1) is 29.8 Å². The van der Waals surface area contributed by atoms with Gasteiger partial charge in [0.1, 0.15) is 0 Å². The Balaban J connectivity index is 2.19. The summed E-state index contributed by atoms with van der Waals surface area (Å²) in [4.78, 5) is 0. The van der Waals surface area contributed by atoms with E-state index in [-0.39, 0.29) is 0 Å². The van der Waals surface area contributed by atoms with Crippen LogP contribution in [0.5, 0.6) is 5.75 Å². The van der Waals surface area contributed by atoms with E-state index in [0.29, 0.717) is 24.0 Å². The molecule has 3 nitrogen and oxygen atoms in total. The summed E-state index contributed by atoms with van der Waals surface area (Å²) in [7, 11) is 1.62. The van der Waals surface area contributed by atoms with Crippen molar-refractivity contribution < 1.29 is 14.2 Å². The molecule has 0 saturated carbocycles. The molecule has 5 heteroatoms. The van der Waals surface area contributed by atoms with Crippen LogP contribution in [0.1, 0.15) is 24.0 Å². The number of hydrogen-bond donors (Lipinski definition) is 0. The van der Waals surface area contributed by atoms with E-state index in [9.17, 15) is 0 Å². The zero-order valence-electron chi connectivity index (χ0n) is 10.1. The van der Waals surface area contributed by atoms with Gasteiger partial charge in [-0.25, -0.2) is 0 Å². The molecule has 1 aromatic carbocycles. The van der Waals surface area contributed by atoms with E-state index in [4.69, 9.17) is 25.8 Å². The minimum Gasteiger partial charge on any atom is -0.494 e. The average molecular weight is 334 g/mol. The average Bonchev–Trinajstić information content (AvgIpc) is 2.81. The number of halogens is 2. The Hall–Kier alpha value is -0.290. The van der Waals surface area contributed by atoms with E-state index in [1.807, 2.05) is 6.07 Å². The Morgan fingerprint density at radius 1 is 1.39 bits per heavy atom. The topological polar surface area (TPSA) is 27.7 Å². The maximum absolute atomic E-state index is 6.26. The first-order valence-electron chi connectivity index (χ1n) is 6.01. The molecular formula is C13H14BrClO3. The monoisotopic (exact) mass is 332 g/mol. The summed E-state index contributed by atoms with van der Waals surface area (Å²) in [6.45, 7) is 1.28. The molecule has 0 amide bonds. The van der Waals surface area contributed by atoms with Gasteiger partial charge in [0.2, 0.25) is 0 Å². The third kappa shape index (κ3) is 1.78. The fraction of sp³-hybridized carbons (Fsp3) is 0.538. The fourth-order valence-electron chi connectivity index (χ4n) is 2.80. The highest BCUT2D eigenvalue weighted by atomic mass is 79.9. The SMILES string of the molecule is COc1c(Cl)cc2c(c1Br)CCCC21OCCO1. The summed E-state index contributed by atoms with van der Waals surface area (Å²) in [5, 5.41) is 0.587. The maximum atomic E-state index is 6.26. The third-order valence-electron chi connectivity index (χ3n) is 3.58. The maximum Gasteiger partial charge on any atom is 0.195 e. The van der Waals surface area contributed by atoms with Gasteiger partial charge in [0.25, 0.3) is 0 Å². The van der Waals surface area contributed by atoms with E-state index in [1.54, 1.807) is 7.11 Å². The second-order valence-electron chi connectivity index (χ2n) is 4.54. The van der Waals surface area contributed by atoms with Crippen molar-refractivity contribution >= 4 is 27.5 Å². The number of ether oxygens (including phenoxy) is 3. The van der Waals surface area contributed by atoms with Gasteiger partial charge in [0.15, 0.2) is 11.5 Å². The largest absolute Gasteiger partial charge is 0.494 e. The second kappa shape index (κ2) is 4.67. The van der Waals surface area contributed by atoms with Gasteiger partial charge >= 0.3 is 0 Å². The minimum atomic E-state index is -0.591. The molecular weight excluding hydrogens is 319 g/mol. The van der Waals surface area contributed by atoms with E-state index < -0.39 is 5.79 Å². The first-order valence-corrected chi connectivity index (χ1v) is 7.18. The van der Waals surface area contributed by atoms with Crippen molar-refractivity contribution in [2.45, 2.75) is 25.0 Å². The van der Waals surface area contributed by atoms with Crippen LogP contribution in [0, 0.1) is 0 Å². The lowest BCUT2D eigenvalue weighted by molar-refractivity contribution is -0.175. The van der Waals surface area contributed by atoms with Crippen LogP contribution in [0.2, 0.25) is 5.02 Å². The van der Waals surface area contributed by atoms with Gasteiger partial charge in [-0.3, -0.25) is 0 Å². The van der Waals surface area contributed by atoms with Gasteiger partial charge in [0, 0.05) is 12.0 Å². The number of fused-ring (bicyclic) bond motifs is 2. The predicted octanol–water partition coefficient (Wildman–Crippen LogP) is 3.65. The van der Waals surface area contributed by atoms with Gasteiger partial charge in [-0.1, -0.05) is 11.6 Å². The lowest BCUT2D eigenvalue weighted by Gasteiger charge is -2.34. The Labute approximate surface area is 119 Å². The fourth-order valence-corrected chi connectivity index (χ4v) is 3.98. The van der Waals surface area contributed by atoms with Crippen molar-refractivity contribution in [3.63, 3.8) is 0 Å². The van der Waals surface area contributed by atoms with Crippen molar-refractivity contribution in [3.8, 4) is 5.75 Å². The van der Waals surface area contributed by atoms with Crippen LogP contribution >= 0.6 is 27.5 Å². The smallest absolute Gasteiger partial charge is 0.195 e. The summed E-state index contributed by atoms with van der Waals surface area (Å²) in [6.07, 6.45) is 2.91. The number of methoxy groups -OCH3 is 1. The summed E-state index contributed by atoms with van der Waals surface area (Å²) in [6, 6.07) is 1.92. The molecule has 0 atom stereocenters. The van der Waals surface area contributed by atoms with E-state index >= 15 is 0 Å². The van der Waals surface area contributed by atoms with Crippen LogP contribution in [-0.2, 0) is 21.7 Å². The van der Waals surface area contributed by atoms with Crippen molar-refractivity contribution in [2.75, 3.05) is 20.3 Å². The summed E-state index contributed by atoms with van der Waals surface area (Å²) in [5.74, 6) is 0.0944. The molecule has 0 N–H and O–H groups in total. The molecule has 1 spiro atoms. The van der Waals surface area contributed by atoms with Gasteiger partial charge in [-0.2, -0.15) is 0 Å². The van der Waals surface area contributed by atoms with Crippen molar-refractivity contribution in [1.82, 2.24) is 0 Å². The minimum absolute atomic E-state index is 0.587. The molecule has 3 rings (SSSR count). The van der Waals surface area contributed by atoms with Crippen LogP contribution < -0.4 is 4.74 Å². The molecule has 1 aromatic rings. The van der Waals surface area contributed by atoms with Crippen LogP contribution in [-0.4, -0.2) is 20.3 Å². The molecule has 1 heterocycles. The molecule has 0 unspecified atom stereocenters. The zero-order chi connectivity index (χ0) is 12.8. The molecule has 0 radical (unpaired) electrons. The van der Waals surface area contributed by atoms with Gasteiger partial charge in [-0.15, -0.1) is 0 Å². The first kappa shape index (κ1) is 12.7. The first-order chi connectivity index (χ1) is 8.68. The lowest BCUT2D eigenvalue weighted by atomic mass is 9.86. The Bertz CT molecular complexity index is 484. The van der Waals surface area contributed by atoms with Crippen molar-refractivity contribution in [2.24, 2.45) is 0 Å². The molecule has 1 aliphatic heterocycles. The summed E-state index contributed by atoms with van der Waals surface area (Å²) < 4.78 is 18.0. The Morgan fingerprint density at radius 2 is 2.11 bits per heavy atom. The molecule has 1 aliphatic carbocycles. The normalized spacial score (nSPS) is 21.1. The standard InChI is InChI=1S/C13H14BrClO3/c1-16-12-10(15)7-9-8(11(12)14)3-2-4-13(9)17-5-6-18-13/h7H,2-6H2,1H3. The highest BCUT2D eigenvalue weighted by Gasteiger charge is 2.43. The zero-order valence-corrected chi connectivity index (χ0v) is 12.4. The molecule has 98 valence electrons. The lowest BCUT2D eigenvalue weighted by Crippen LogP contribution is -2.32. The summed E-state index contributed by atoms with van der Waals surface area (Å²) >= 11 is 9.85. The predicted molar refractivity (Wildman–Crippen MR) is 72.2 cm³/mol. The highest BCUT2D eigenvalue weighted by Crippen LogP contribution is 2.48.